The van der Waals surface area contributed by atoms with Gasteiger partial charge in [0.1, 0.15) is 11.5 Å². The molecule has 3 nitrogen and oxygen atoms in total. The van der Waals surface area contributed by atoms with Crippen molar-refractivity contribution in [2.45, 2.75) is 42.0 Å². The van der Waals surface area contributed by atoms with Crippen molar-refractivity contribution in [3.63, 3.8) is 0 Å². The summed E-state index contributed by atoms with van der Waals surface area (Å²) in [5, 5.41) is 0. The topological polar surface area (TPSA) is 35.5 Å². The van der Waals surface area contributed by atoms with Crippen molar-refractivity contribution in [2.75, 3.05) is 7.11 Å². The minimum absolute atomic E-state index is 0. The second-order valence-electron chi connectivity index (χ2n) is 4.66. The van der Waals surface area contributed by atoms with E-state index in [4.69, 9.17) is 9.47 Å². The first kappa shape index (κ1) is 23.0. The van der Waals surface area contributed by atoms with Crippen LogP contribution in [0.2, 0.25) is 0 Å². The van der Waals surface area contributed by atoms with Gasteiger partial charge in [-0.1, -0.05) is 53.5 Å². The van der Waals surface area contributed by atoms with Gasteiger partial charge in [0, 0.05) is 12.8 Å². The molecule has 0 amide bonds. The molecule has 0 bridgehead atoms. The van der Waals surface area contributed by atoms with Crippen molar-refractivity contribution in [1.82, 2.24) is 0 Å². The van der Waals surface area contributed by atoms with Gasteiger partial charge in [-0.2, -0.15) is 0 Å². The summed E-state index contributed by atoms with van der Waals surface area (Å²) < 4.78 is 10.2. The zero-order valence-electron chi connectivity index (χ0n) is 11.9. The van der Waals surface area contributed by atoms with Gasteiger partial charge < -0.3 is 9.47 Å². The number of esters is 1. The molecule has 0 N–H and O–H groups in total. The van der Waals surface area contributed by atoms with E-state index in [9.17, 15) is 4.79 Å². The zero-order chi connectivity index (χ0) is 14.5. The van der Waals surface area contributed by atoms with Crippen molar-refractivity contribution in [3.8, 4) is 11.5 Å². The highest BCUT2D eigenvalue weighted by Crippen LogP contribution is 2.27. The highest BCUT2D eigenvalue weighted by molar-refractivity contribution is 5.69. The Kier molecular flexibility index (Phi) is 10.4. The fourth-order valence-electron chi connectivity index (χ4n) is 2.08. The van der Waals surface area contributed by atoms with Gasteiger partial charge in [-0.3, -0.25) is 4.79 Å². The summed E-state index contributed by atoms with van der Waals surface area (Å²) in [6.45, 7) is 3.54. The average molecular weight is 318 g/mol. The summed E-state index contributed by atoms with van der Waals surface area (Å²) in [7, 11) is 1.66. The lowest BCUT2D eigenvalue weighted by Gasteiger charge is -2.13. The van der Waals surface area contributed by atoms with Gasteiger partial charge in [0.2, 0.25) is 0 Å². The minimum atomic E-state index is -0.305. The Hall–Kier alpha value is -2.29. The van der Waals surface area contributed by atoms with Crippen LogP contribution in [0.4, 0.5) is 0 Å². The number of hydrogen-bond donors (Lipinski definition) is 0. The minimum Gasteiger partial charge on any atom is -0.497 e. The van der Waals surface area contributed by atoms with Crippen LogP contribution in [0.15, 0.2) is 48.5 Å². The van der Waals surface area contributed by atoms with E-state index in [1.54, 1.807) is 7.11 Å². The maximum absolute atomic E-state index is 10.9. The van der Waals surface area contributed by atoms with E-state index in [-0.39, 0.29) is 34.2 Å². The van der Waals surface area contributed by atoms with Crippen LogP contribution in [0.1, 0.15) is 53.2 Å². The second-order valence-corrected chi connectivity index (χ2v) is 4.66. The Labute approximate surface area is 141 Å². The van der Waals surface area contributed by atoms with Gasteiger partial charge in [-0.05, 0) is 35.4 Å². The third kappa shape index (κ3) is 6.15. The van der Waals surface area contributed by atoms with E-state index in [0.717, 1.165) is 5.75 Å². The lowest BCUT2D eigenvalue weighted by Crippen LogP contribution is -2.02. The van der Waals surface area contributed by atoms with E-state index >= 15 is 0 Å². The lowest BCUT2D eigenvalue weighted by molar-refractivity contribution is -0.131. The van der Waals surface area contributed by atoms with E-state index in [2.05, 4.69) is 19.1 Å². The SMILES string of the molecule is C.C.C.COc1ccc(C(C)c2ccc(OC(C)=O)cc2)cc1. The van der Waals surface area contributed by atoms with E-state index in [0.29, 0.717) is 5.75 Å². The quantitative estimate of drug-likeness (QED) is 0.537. The van der Waals surface area contributed by atoms with Crippen LogP contribution in [0, 0.1) is 0 Å². The molecule has 0 spiro atoms. The lowest BCUT2D eigenvalue weighted by atomic mass is 9.93. The largest absolute Gasteiger partial charge is 0.497 e. The maximum Gasteiger partial charge on any atom is 0.308 e. The number of hydrogen-bond acceptors (Lipinski definition) is 3. The van der Waals surface area contributed by atoms with E-state index < -0.39 is 0 Å². The molecule has 0 aliphatic heterocycles. The molecule has 1 atom stereocenters. The van der Waals surface area contributed by atoms with E-state index in [1.807, 2.05) is 36.4 Å². The third-order valence-corrected chi connectivity index (χ3v) is 3.26. The van der Waals surface area contributed by atoms with E-state index in [1.165, 1.54) is 18.1 Å². The molecule has 0 aromatic heterocycles. The molecule has 0 heterocycles. The van der Waals surface area contributed by atoms with Crippen LogP contribution in [-0.4, -0.2) is 13.1 Å². The van der Waals surface area contributed by atoms with Crippen LogP contribution < -0.4 is 9.47 Å². The summed E-state index contributed by atoms with van der Waals surface area (Å²) in [4.78, 5) is 10.9. The van der Waals surface area contributed by atoms with Gasteiger partial charge in [-0.15, -0.1) is 0 Å². The predicted octanol–water partition coefficient (Wildman–Crippen LogP) is 5.68. The van der Waals surface area contributed by atoms with Crippen LogP contribution in [0.25, 0.3) is 0 Å². The van der Waals surface area contributed by atoms with Gasteiger partial charge >= 0.3 is 5.97 Å². The van der Waals surface area contributed by atoms with Crippen LogP contribution in [-0.2, 0) is 4.79 Å². The van der Waals surface area contributed by atoms with Crippen molar-refractivity contribution in [3.05, 3.63) is 59.7 Å². The molecule has 0 radical (unpaired) electrons. The van der Waals surface area contributed by atoms with Gasteiger partial charge in [0.05, 0.1) is 7.11 Å². The predicted molar refractivity (Wildman–Crippen MR) is 98.5 cm³/mol. The Bertz CT molecular complexity index is 571. The first-order chi connectivity index (χ1) is 9.60. The third-order valence-electron chi connectivity index (χ3n) is 3.26. The average Bonchev–Trinajstić information content (AvgIpc) is 2.47. The Morgan fingerprint density at radius 3 is 1.57 bits per heavy atom. The number of ether oxygens (including phenoxy) is 2. The molecule has 0 saturated heterocycles. The van der Waals surface area contributed by atoms with Crippen LogP contribution in [0.3, 0.4) is 0 Å². The fraction of sp³-hybridized carbons (Fsp3) is 0.350. The molecule has 1 unspecified atom stereocenters. The standard InChI is InChI=1S/C17H18O3.3CH4/c1-12(14-4-8-16(19-3)9-5-14)15-6-10-17(11-7-15)20-13(2)18;;;/h4-12H,1-3H3;3*1H4. The Balaban J connectivity index is 0. The summed E-state index contributed by atoms with van der Waals surface area (Å²) in [5.41, 5.74) is 2.39. The summed E-state index contributed by atoms with van der Waals surface area (Å²) >= 11 is 0. The normalized spacial score (nSPS) is 10.2. The molecule has 128 valence electrons. The fourth-order valence-corrected chi connectivity index (χ4v) is 2.08. The number of carbonyl (C=O) groups excluding carboxylic acids is 1. The first-order valence-electron chi connectivity index (χ1n) is 6.52. The highest BCUT2D eigenvalue weighted by atomic mass is 16.5. The van der Waals surface area contributed by atoms with Crippen LogP contribution >= 0.6 is 0 Å². The van der Waals surface area contributed by atoms with Crippen molar-refractivity contribution in [2.24, 2.45) is 0 Å². The van der Waals surface area contributed by atoms with Crippen molar-refractivity contribution < 1.29 is 14.3 Å². The van der Waals surface area contributed by atoms with Crippen LogP contribution in [0.5, 0.6) is 11.5 Å². The summed E-state index contributed by atoms with van der Waals surface area (Å²) in [6, 6.07) is 15.6. The monoisotopic (exact) mass is 318 g/mol. The molecule has 0 saturated carbocycles. The zero-order valence-corrected chi connectivity index (χ0v) is 11.9. The summed E-state index contributed by atoms with van der Waals surface area (Å²) in [6.07, 6.45) is 0. The van der Waals surface area contributed by atoms with Gasteiger partial charge in [-0.25, -0.2) is 0 Å². The maximum atomic E-state index is 10.9. The van der Waals surface area contributed by atoms with Crippen molar-refractivity contribution >= 4 is 5.97 Å². The molecule has 0 fully saturated rings. The molecular formula is C20H30O3. The smallest absolute Gasteiger partial charge is 0.308 e. The Morgan fingerprint density at radius 2 is 1.22 bits per heavy atom. The molecule has 2 aromatic rings. The number of rotatable bonds is 4. The van der Waals surface area contributed by atoms with Gasteiger partial charge in [0.25, 0.3) is 0 Å². The Morgan fingerprint density at radius 1 is 0.826 bits per heavy atom. The number of carbonyl (C=O) groups is 1. The summed E-state index contributed by atoms with van der Waals surface area (Å²) in [5.74, 6) is 1.39. The first-order valence-corrected chi connectivity index (χ1v) is 6.52. The van der Waals surface area contributed by atoms with Crippen molar-refractivity contribution in [1.29, 1.82) is 0 Å². The van der Waals surface area contributed by atoms with Gasteiger partial charge in [0.15, 0.2) is 0 Å². The molecular weight excluding hydrogens is 288 g/mol. The molecule has 2 rings (SSSR count). The number of methoxy groups -OCH3 is 1. The second kappa shape index (κ2) is 10.4. The molecule has 0 aliphatic rings. The molecule has 3 heteroatoms. The molecule has 23 heavy (non-hydrogen) atoms. The highest BCUT2D eigenvalue weighted by Gasteiger charge is 2.09. The molecule has 0 aliphatic carbocycles. The molecule has 2 aromatic carbocycles. The number of benzene rings is 2.